The number of carbonyl (C=O) groups is 1. The molecule has 8 heteroatoms. The maximum atomic E-state index is 13.4. The van der Waals surface area contributed by atoms with Crippen molar-refractivity contribution in [3.05, 3.63) is 59.7 Å². The van der Waals surface area contributed by atoms with Crippen LogP contribution in [0, 0.1) is 23.7 Å². The number of nitrogens with two attached hydrogens (primary N) is 1. The Hall–Kier alpha value is -2.65. The molecular weight excluding hydrogens is 566 g/mol. The molecule has 0 unspecified atom stereocenters. The van der Waals surface area contributed by atoms with Crippen molar-refractivity contribution >= 4 is 5.91 Å². The molecule has 2 aromatic carbocycles. The van der Waals surface area contributed by atoms with Gasteiger partial charge in [0.05, 0.1) is 19.8 Å². The SMILES string of the molecule is COCCCOc1cc(C[C@@H](C[C@H](N)[C@@H](O)C[C@H](C(=O)NC2CCN(Cc3ccccc3)CC2)C(C)C)C(C)C)ccc1OC. The van der Waals surface area contributed by atoms with E-state index in [1.807, 2.05) is 18.2 Å². The molecule has 3 rings (SSSR count). The summed E-state index contributed by atoms with van der Waals surface area (Å²) in [7, 11) is 3.33. The number of hydrogen-bond acceptors (Lipinski definition) is 7. The lowest BCUT2D eigenvalue weighted by Gasteiger charge is -2.34. The van der Waals surface area contributed by atoms with Gasteiger partial charge in [-0.15, -0.1) is 0 Å². The van der Waals surface area contributed by atoms with E-state index in [0.717, 1.165) is 56.6 Å². The number of amides is 1. The molecule has 1 aliphatic heterocycles. The van der Waals surface area contributed by atoms with Crippen LogP contribution in [0.5, 0.6) is 11.5 Å². The number of piperidine rings is 1. The van der Waals surface area contributed by atoms with E-state index < -0.39 is 12.1 Å². The second-order valence-electron chi connectivity index (χ2n) is 13.5. The summed E-state index contributed by atoms with van der Waals surface area (Å²) in [5.41, 5.74) is 9.11. The van der Waals surface area contributed by atoms with Gasteiger partial charge in [-0.2, -0.15) is 0 Å². The van der Waals surface area contributed by atoms with Gasteiger partial charge < -0.3 is 30.4 Å². The first kappa shape index (κ1) is 36.8. The van der Waals surface area contributed by atoms with Crippen molar-refractivity contribution in [3.8, 4) is 11.5 Å². The average Bonchev–Trinajstić information content (AvgIpc) is 3.02. The summed E-state index contributed by atoms with van der Waals surface area (Å²) in [4.78, 5) is 15.9. The highest BCUT2D eigenvalue weighted by atomic mass is 16.5. The van der Waals surface area contributed by atoms with E-state index in [2.05, 4.69) is 68.2 Å². The second kappa shape index (κ2) is 19.1. The van der Waals surface area contributed by atoms with Crippen LogP contribution in [0.4, 0.5) is 0 Å². The minimum atomic E-state index is -0.757. The van der Waals surface area contributed by atoms with Gasteiger partial charge in [-0.25, -0.2) is 0 Å². The van der Waals surface area contributed by atoms with Gasteiger partial charge in [0.1, 0.15) is 0 Å². The van der Waals surface area contributed by atoms with Crippen molar-refractivity contribution in [2.24, 2.45) is 29.4 Å². The summed E-state index contributed by atoms with van der Waals surface area (Å²) in [6.45, 7) is 12.6. The molecule has 1 fully saturated rings. The fraction of sp³-hybridized carbons (Fsp3) is 0.649. The van der Waals surface area contributed by atoms with Crippen LogP contribution in [0.1, 0.15) is 70.9 Å². The lowest BCUT2D eigenvalue weighted by atomic mass is 9.80. The quantitative estimate of drug-likeness (QED) is 0.178. The third kappa shape index (κ3) is 12.2. The summed E-state index contributed by atoms with van der Waals surface area (Å²) in [5.74, 6) is 1.92. The summed E-state index contributed by atoms with van der Waals surface area (Å²) in [6, 6.07) is 16.4. The molecule has 1 amide bonds. The first-order valence-corrected chi connectivity index (χ1v) is 16.9. The molecule has 252 valence electrons. The molecule has 1 aliphatic rings. The highest BCUT2D eigenvalue weighted by molar-refractivity contribution is 5.79. The number of likely N-dealkylation sites (tertiary alicyclic amines) is 1. The number of aliphatic hydroxyl groups is 1. The Labute approximate surface area is 272 Å². The van der Waals surface area contributed by atoms with Gasteiger partial charge in [0, 0.05) is 57.8 Å². The van der Waals surface area contributed by atoms with Crippen LogP contribution >= 0.6 is 0 Å². The molecule has 0 aliphatic carbocycles. The molecule has 0 spiro atoms. The lowest BCUT2D eigenvalue weighted by Crippen LogP contribution is -2.48. The van der Waals surface area contributed by atoms with Crippen LogP contribution in [0.3, 0.4) is 0 Å². The largest absolute Gasteiger partial charge is 0.493 e. The van der Waals surface area contributed by atoms with Gasteiger partial charge >= 0.3 is 0 Å². The number of ether oxygens (including phenoxy) is 3. The number of carbonyl (C=O) groups excluding carboxylic acids is 1. The number of hydrogen-bond donors (Lipinski definition) is 3. The highest BCUT2D eigenvalue weighted by Crippen LogP contribution is 2.32. The molecule has 2 aromatic rings. The molecule has 4 N–H and O–H groups in total. The molecule has 45 heavy (non-hydrogen) atoms. The van der Waals surface area contributed by atoms with Crippen LogP contribution in [0.15, 0.2) is 48.5 Å². The number of benzene rings is 2. The van der Waals surface area contributed by atoms with Crippen molar-refractivity contribution in [1.82, 2.24) is 10.2 Å². The van der Waals surface area contributed by atoms with Crippen LogP contribution in [0.2, 0.25) is 0 Å². The van der Waals surface area contributed by atoms with Gasteiger partial charge in [-0.3, -0.25) is 9.69 Å². The zero-order valence-electron chi connectivity index (χ0n) is 28.5. The van der Waals surface area contributed by atoms with Crippen molar-refractivity contribution in [2.45, 2.75) is 91.0 Å². The van der Waals surface area contributed by atoms with Gasteiger partial charge in [0.25, 0.3) is 0 Å². The molecule has 0 saturated carbocycles. The molecule has 8 nitrogen and oxygen atoms in total. The summed E-state index contributed by atoms with van der Waals surface area (Å²) in [6.07, 6.45) is 3.76. The van der Waals surface area contributed by atoms with Crippen LogP contribution in [-0.2, 0) is 22.5 Å². The third-order valence-electron chi connectivity index (χ3n) is 9.31. The monoisotopic (exact) mass is 625 g/mol. The van der Waals surface area contributed by atoms with Gasteiger partial charge in [0.2, 0.25) is 5.91 Å². The lowest BCUT2D eigenvalue weighted by molar-refractivity contribution is -0.128. The Morgan fingerprint density at radius 1 is 0.956 bits per heavy atom. The maximum Gasteiger partial charge on any atom is 0.223 e. The summed E-state index contributed by atoms with van der Waals surface area (Å²) in [5, 5.41) is 14.6. The van der Waals surface area contributed by atoms with Crippen molar-refractivity contribution in [2.75, 3.05) is 40.5 Å². The normalized spacial score (nSPS) is 17.2. The standard InChI is InChI=1S/C37H59N3O5/c1-26(2)30(21-29-13-14-35(44-6)36(22-29)45-20-10-19-43-5)23-33(38)34(41)24-32(27(3)4)37(42)39-31-15-17-40(18-16-31)25-28-11-8-7-9-12-28/h7-9,11-14,22,26-27,30-34,41H,10,15-21,23-25,38H2,1-6H3,(H,39,42)/t30-,32-,33-,34-/m0/s1. The molecule has 4 atom stereocenters. The second-order valence-corrected chi connectivity index (χ2v) is 13.5. The predicted octanol–water partition coefficient (Wildman–Crippen LogP) is 5.45. The van der Waals surface area contributed by atoms with Crippen LogP contribution < -0.4 is 20.5 Å². The van der Waals surface area contributed by atoms with E-state index in [4.69, 9.17) is 19.9 Å². The number of nitrogens with zero attached hydrogens (tertiary/aromatic N) is 1. The molecule has 0 aromatic heterocycles. The molecule has 0 bridgehead atoms. The van der Waals surface area contributed by atoms with E-state index in [9.17, 15) is 9.90 Å². The Morgan fingerprint density at radius 3 is 2.29 bits per heavy atom. The Kier molecular flexibility index (Phi) is 15.6. The van der Waals surface area contributed by atoms with E-state index in [1.165, 1.54) is 5.56 Å². The van der Waals surface area contributed by atoms with Gasteiger partial charge in [-0.1, -0.05) is 64.1 Å². The van der Waals surface area contributed by atoms with E-state index in [1.54, 1.807) is 14.2 Å². The van der Waals surface area contributed by atoms with Crippen LogP contribution in [-0.4, -0.2) is 74.6 Å². The van der Waals surface area contributed by atoms with E-state index >= 15 is 0 Å². The smallest absolute Gasteiger partial charge is 0.223 e. The fourth-order valence-corrected chi connectivity index (χ4v) is 6.25. The molecule has 1 saturated heterocycles. The van der Waals surface area contributed by atoms with Crippen molar-refractivity contribution < 1.29 is 24.1 Å². The van der Waals surface area contributed by atoms with Gasteiger partial charge in [-0.05, 0) is 73.1 Å². The van der Waals surface area contributed by atoms with Crippen LogP contribution in [0.25, 0.3) is 0 Å². The average molecular weight is 626 g/mol. The maximum absolute atomic E-state index is 13.4. The number of aliphatic hydroxyl groups excluding tert-OH is 1. The van der Waals surface area contributed by atoms with Crippen molar-refractivity contribution in [3.63, 3.8) is 0 Å². The third-order valence-corrected chi connectivity index (χ3v) is 9.31. The van der Waals surface area contributed by atoms with E-state index in [0.29, 0.717) is 37.7 Å². The number of nitrogens with one attached hydrogen (secondary N) is 1. The Bertz CT molecular complexity index is 1120. The summed E-state index contributed by atoms with van der Waals surface area (Å²) >= 11 is 0. The molecule has 0 radical (unpaired) electrons. The first-order valence-electron chi connectivity index (χ1n) is 16.9. The molecule has 1 heterocycles. The summed E-state index contributed by atoms with van der Waals surface area (Å²) < 4.78 is 16.6. The Balaban J connectivity index is 1.52. The number of rotatable bonds is 19. The van der Waals surface area contributed by atoms with Crippen molar-refractivity contribution in [1.29, 1.82) is 0 Å². The zero-order chi connectivity index (χ0) is 32.8. The topological polar surface area (TPSA) is 106 Å². The number of methoxy groups -OCH3 is 2. The Morgan fingerprint density at radius 2 is 1.67 bits per heavy atom. The van der Waals surface area contributed by atoms with E-state index in [-0.39, 0.29) is 29.7 Å². The fourth-order valence-electron chi connectivity index (χ4n) is 6.25. The minimum Gasteiger partial charge on any atom is -0.493 e. The predicted molar refractivity (Wildman–Crippen MR) is 181 cm³/mol. The highest BCUT2D eigenvalue weighted by Gasteiger charge is 2.31. The minimum absolute atomic E-state index is 0.0365. The molecular formula is C37H59N3O5. The zero-order valence-corrected chi connectivity index (χ0v) is 28.5. The van der Waals surface area contributed by atoms with Gasteiger partial charge in [0.15, 0.2) is 11.5 Å². The first-order chi connectivity index (χ1) is 21.6.